The highest BCUT2D eigenvalue weighted by molar-refractivity contribution is 5.98. The van der Waals surface area contributed by atoms with Crippen LogP contribution >= 0.6 is 0 Å². The summed E-state index contributed by atoms with van der Waals surface area (Å²) in [4.78, 5) is 14.5. The summed E-state index contributed by atoms with van der Waals surface area (Å²) in [6, 6.07) is 7.91. The van der Waals surface area contributed by atoms with Crippen molar-refractivity contribution in [3.05, 3.63) is 52.3 Å². The Kier molecular flexibility index (Phi) is 2.33. The van der Waals surface area contributed by atoms with E-state index < -0.39 is 0 Å². The highest BCUT2D eigenvalue weighted by Gasteiger charge is 2.02. The Bertz CT molecular complexity index is 777. The van der Waals surface area contributed by atoms with Gasteiger partial charge in [-0.25, -0.2) is 9.89 Å². The van der Waals surface area contributed by atoms with Crippen LogP contribution in [0.15, 0.2) is 40.4 Å². The monoisotopic (exact) mass is 241 g/mol. The summed E-state index contributed by atoms with van der Waals surface area (Å²) in [7, 11) is 0. The number of aryl methyl sites for hydroxylation is 1. The van der Waals surface area contributed by atoms with Gasteiger partial charge in [-0.3, -0.25) is 0 Å². The lowest BCUT2D eigenvalue weighted by atomic mass is 10.2. The van der Waals surface area contributed by atoms with E-state index in [0.29, 0.717) is 5.82 Å². The van der Waals surface area contributed by atoms with E-state index in [-0.39, 0.29) is 5.69 Å². The van der Waals surface area contributed by atoms with E-state index in [2.05, 4.69) is 20.3 Å². The fraction of sp³-hybridized carbons (Fsp3) is 0.0833. The molecule has 1 aromatic carbocycles. The Labute approximate surface area is 102 Å². The number of nitrogens with zero attached hydrogens (tertiary/aromatic N) is 3. The first-order valence-corrected chi connectivity index (χ1v) is 5.50. The Morgan fingerprint density at radius 2 is 2.22 bits per heavy atom. The van der Waals surface area contributed by atoms with Crippen LogP contribution in [-0.2, 0) is 0 Å². The second kappa shape index (κ2) is 3.99. The second-order valence-electron chi connectivity index (χ2n) is 3.92. The Hall–Kier alpha value is -2.63. The van der Waals surface area contributed by atoms with Crippen LogP contribution in [-0.4, -0.2) is 26.1 Å². The molecule has 0 atom stereocenters. The maximum atomic E-state index is 11.4. The molecule has 6 heteroatoms. The largest absolute Gasteiger partial charge is 0.364 e. The number of aromatic amines is 2. The van der Waals surface area contributed by atoms with Crippen molar-refractivity contribution in [1.82, 2.24) is 19.9 Å². The van der Waals surface area contributed by atoms with E-state index >= 15 is 0 Å². The van der Waals surface area contributed by atoms with Crippen molar-refractivity contribution in [2.24, 2.45) is 5.10 Å². The van der Waals surface area contributed by atoms with Gasteiger partial charge in [0.2, 0.25) is 0 Å². The molecule has 0 bridgehead atoms. The van der Waals surface area contributed by atoms with Gasteiger partial charge in [0.25, 0.3) is 0 Å². The molecule has 90 valence electrons. The summed E-state index contributed by atoms with van der Waals surface area (Å²) < 4.78 is 1.22. The fourth-order valence-electron chi connectivity index (χ4n) is 1.83. The summed E-state index contributed by atoms with van der Waals surface area (Å²) in [6.45, 7) is 1.71. The second-order valence-corrected chi connectivity index (χ2v) is 3.92. The van der Waals surface area contributed by atoms with E-state index in [4.69, 9.17) is 0 Å². The molecule has 0 radical (unpaired) electrons. The van der Waals surface area contributed by atoms with Gasteiger partial charge in [0.05, 0.1) is 6.21 Å². The SMILES string of the molecule is Cc1n[nH]c(=O)n1N=Cc1c[nH]c2ccccc12. The minimum atomic E-state index is -0.344. The number of para-hydroxylation sites is 1. The molecule has 0 amide bonds. The quantitative estimate of drug-likeness (QED) is 0.662. The Morgan fingerprint density at radius 1 is 1.39 bits per heavy atom. The lowest BCUT2D eigenvalue weighted by Gasteiger charge is -1.92. The van der Waals surface area contributed by atoms with Gasteiger partial charge in [-0.1, -0.05) is 18.2 Å². The summed E-state index contributed by atoms with van der Waals surface area (Å²) in [5, 5.41) is 11.3. The van der Waals surface area contributed by atoms with Crippen LogP contribution in [0.2, 0.25) is 0 Å². The standard InChI is InChI=1S/C12H11N5O/c1-8-15-16-12(18)17(8)14-7-9-6-13-11-5-3-2-4-10(9)11/h2-7,13H,1H3,(H,16,18). The van der Waals surface area contributed by atoms with Gasteiger partial charge in [0.1, 0.15) is 0 Å². The first kappa shape index (κ1) is 10.5. The lowest BCUT2D eigenvalue weighted by Crippen LogP contribution is -2.13. The molecule has 0 saturated heterocycles. The minimum Gasteiger partial charge on any atom is -0.361 e. The first-order valence-electron chi connectivity index (χ1n) is 5.50. The number of fused-ring (bicyclic) bond motifs is 1. The van der Waals surface area contributed by atoms with Crippen molar-refractivity contribution >= 4 is 17.1 Å². The van der Waals surface area contributed by atoms with Gasteiger partial charge in [0.15, 0.2) is 5.82 Å². The number of nitrogens with one attached hydrogen (secondary N) is 2. The van der Waals surface area contributed by atoms with E-state index in [1.807, 2.05) is 30.5 Å². The highest BCUT2D eigenvalue weighted by atomic mass is 16.2. The summed E-state index contributed by atoms with van der Waals surface area (Å²) in [6.07, 6.45) is 3.50. The van der Waals surface area contributed by atoms with Crippen LogP contribution in [0, 0.1) is 6.92 Å². The third-order valence-corrected chi connectivity index (χ3v) is 2.75. The van der Waals surface area contributed by atoms with Crippen LogP contribution in [0.25, 0.3) is 10.9 Å². The van der Waals surface area contributed by atoms with Crippen molar-refractivity contribution in [2.75, 3.05) is 0 Å². The third kappa shape index (κ3) is 1.64. The summed E-state index contributed by atoms with van der Waals surface area (Å²) in [5.74, 6) is 0.524. The van der Waals surface area contributed by atoms with Crippen LogP contribution < -0.4 is 5.69 Å². The number of aromatic nitrogens is 4. The number of hydrogen-bond acceptors (Lipinski definition) is 3. The maximum Gasteiger partial charge on any atom is 0.364 e. The molecule has 0 unspecified atom stereocenters. The first-order chi connectivity index (χ1) is 8.75. The van der Waals surface area contributed by atoms with E-state index in [1.54, 1.807) is 13.1 Å². The molecule has 0 aliphatic rings. The van der Waals surface area contributed by atoms with Crippen molar-refractivity contribution in [3.8, 4) is 0 Å². The maximum absolute atomic E-state index is 11.4. The molecule has 18 heavy (non-hydrogen) atoms. The Morgan fingerprint density at radius 3 is 3.00 bits per heavy atom. The predicted molar refractivity (Wildman–Crippen MR) is 68.9 cm³/mol. The number of rotatable bonds is 2. The van der Waals surface area contributed by atoms with Crippen LogP contribution in [0.3, 0.4) is 0 Å². The van der Waals surface area contributed by atoms with Gasteiger partial charge in [0, 0.05) is 22.7 Å². The molecule has 0 saturated carbocycles. The molecule has 3 aromatic rings. The van der Waals surface area contributed by atoms with E-state index in [9.17, 15) is 4.79 Å². The van der Waals surface area contributed by atoms with Crippen molar-refractivity contribution < 1.29 is 0 Å². The van der Waals surface area contributed by atoms with Gasteiger partial charge in [-0.2, -0.15) is 14.9 Å². The van der Waals surface area contributed by atoms with Crippen molar-refractivity contribution in [1.29, 1.82) is 0 Å². The average Bonchev–Trinajstić information content (AvgIpc) is 2.93. The molecule has 2 aromatic heterocycles. The topological polar surface area (TPSA) is 78.8 Å². The van der Waals surface area contributed by atoms with Crippen LogP contribution in [0.5, 0.6) is 0 Å². The average molecular weight is 241 g/mol. The van der Waals surface area contributed by atoms with Gasteiger partial charge in [-0.05, 0) is 13.0 Å². The van der Waals surface area contributed by atoms with Crippen LogP contribution in [0.1, 0.15) is 11.4 Å². The summed E-state index contributed by atoms with van der Waals surface area (Å²) >= 11 is 0. The van der Waals surface area contributed by atoms with Gasteiger partial charge < -0.3 is 4.98 Å². The van der Waals surface area contributed by atoms with Gasteiger partial charge in [-0.15, -0.1) is 0 Å². The molecule has 6 nitrogen and oxygen atoms in total. The number of hydrogen-bond donors (Lipinski definition) is 2. The zero-order chi connectivity index (χ0) is 12.5. The third-order valence-electron chi connectivity index (χ3n) is 2.75. The minimum absolute atomic E-state index is 0.344. The molecule has 3 rings (SSSR count). The number of benzene rings is 1. The molecule has 0 aliphatic carbocycles. The molecular formula is C12H11N5O. The zero-order valence-electron chi connectivity index (χ0n) is 9.71. The van der Waals surface area contributed by atoms with E-state index in [1.165, 1.54) is 4.68 Å². The van der Waals surface area contributed by atoms with Crippen molar-refractivity contribution in [3.63, 3.8) is 0 Å². The van der Waals surface area contributed by atoms with E-state index in [0.717, 1.165) is 16.5 Å². The van der Waals surface area contributed by atoms with Crippen LogP contribution in [0.4, 0.5) is 0 Å². The zero-order valence-corrected chi connectivity index (χ0v) is 9.71. The van der Waals surface area contributed by atoms with Gasteiger partial charge >= 0.3 is 5.69 Å². The molecule has 0 fully saturated rings. The molecule has 0 spiro atoms. The lowest BCUT2D eigenvalue weighted by molar-refractivity contribution is 0.800. The molecule has 0 aliphatic heterocycles. The predicted octanol–water partition coefficient (Wildman–Crippen LogP) is 1.24. The molecule has 2 N–H and O–H groups in total. The molecular weight excluding hydrogens is 230 g/mol. The summed E-state index contributed by atoms with van der Waals surface area (Å²) in [5.41, 5.74) is 1.62. The smallest absolute Gasteiger partial charge is 0.361 e. The fourth-order valence-corrected chi connectivity index (χ4v) is 1.83. The van der Waals surface area contributed by atoms with Crippen molar-refractivity contribution in [2.45, 2.75) is 6.92 Å². The molecule has 2 heterocycles. The highest BCUT2D eigenvalue weighted by Crippen LogP contribution is 2.15. The number of H-pyrrole nitrogens is 2. The normalized spacial score (nSPS) is 11.6. The Balaban J connectivity index is 2.05.